The number of hydrogen-bond donors (Lipinski definition) is 2. The summed E-state index contributed by atoms with van der Waals surface area (Å²) in [7, 11) is 0. The van der Waals surface area contributed by atoms with Gasteiger partial charge in [-0.3, -0.25) is 4.98 Å². The highest BCUT2D eigenvalue weighted by molar-refractivity contribution is 5.98. The van der Waals surface area contributed by atoms with E-state index in [1.165, 1.54) is 0 Å². The van der Waals surface area contributed by atoms with E-state index in [2.05, 4.69) is 30.2 Å². The fourth-order valence-corrected chi connectivity index (χ4v) is 2.90. The summed E-state index contributed by atoms with van der Waals surface area (Å²) in [6.45, 7) is 5.09. The van der Waals surface area contributed by atoms with Crippen LogP contribution in [0.25, 0.3) is 10.9 Å². The number of aromatic nitrogens is 1. The number of nitrogens with two attached hydrogens (primary N) is 1. The minimum Gasteiger partial charge on any atom is -0.397 e. The lowest BCUT2D eigenvalue weighted by atomic mass is 9.93. The monoisotopic (exact) mass is 271 g/mol. The summed E-state index contributed by atoms with van der Waals surface area (Å²) in [6, 6.07) is 8.39. The number of nitrogens with one attached hydrogen (secondary N) is 1. The molecule has 1 fully saturated rings. The lowest BCUT2D eigenvalue weighted by molar-refractivity contribution is -0.0553. The second-order valence-electron chi connectivity index (χ2n) is 6.04. The van der Waals surface area contributed by atoms with Crippen molar-refractivity contribution < 1.29 is 4.74 Å². The fraction of sp³-hybridized carbons (Fsp3) is 0.438. The molecule has 0 spiro atoms. The lowest BCUT2D eigenvalue weighted by Crippen LogP contribution is -2.40. The van der Waals surface area contributed by atoms with E-state index in [1.807, 2.05) is 18.2 Å². The third-order valence-corrected chi connectivity index (χ3v) is 3.86. The van der Waals surface area contributed by atoms with Crippen LogP contribution in [-0.2, 0) is 4.74 Å². The van der Waals surface area contributed by atoms with E-state index in [9.17, 15) is 0 Å². The van der Waals surface area contributed by atoms with Crippen LogP contribution >= 0.6 is 0 Å². The molecule has 20 heavy (non-hydrogen) atoms. The molecule has 2 aromatic rings. The van der Waals surface area contributed by atoms with Crippen molar-refractivity contribution in [2.45, 2.75) is 38.3 Å². The van der Waals surface area contributed by atoms with Gasteiger partial charge in [0.25, 0.3) is 0 Å². The van der Waals surface area contributed by atoms with Crippen LogP contribution in [0, 0.1) is 0 Å². The number of nitrogen functional groups attached to an aromatic ring is 1. The molecule has 1 atom stereocenters. The fourth-order valence-electron chi connectivity index (χ4n) is 2.90. The SMILES string of the molecule is CC1(C)CC(Nc2ccc(N)c3ncccc23)CCO1. The molecular formula is C16H21N3O. The van der Waals surface area contributed by atoms with Gasteiger partial charge in [-0.25, -0.2) is 0 Å². The van der Waals surface area contributed by atoms with Crippen molar-refractivity contribution >= 4 is 22.3 Å². The number of nitrogens with zero attached hydrogens (tertiary/aromatic N) is 1. The maximum absolute atomic E-state index is 5.99. The van der Waals surface area contributed by atoms with E-state index in [1.54, 1.807) is 6.20 Å². The average molecular weight is 271 g/mol. The molecule has 0 saturated carbocycles. The number of fused-ring (bicyclic) bond motifs is 1. The Labute approximate surface area is 119 Å². The van der Waals surface area contributed by atoms with E-state index in [-0.39, 0.29) is 5.60 Å². The highest BCUT2D eigenvalue weighted by Gasteiger charge is 2.28. The predicted molar refractivity (Wildman–Crippen MR) is 82.8 cm³/mol. The van der Waals surface area contributed by atoms with Gasteiger partial charge in [-0.2, -0.15) is 0 Å². The van der Waals surface area contributed by atoms with E-state index in [0.717, 1.165) is 41.7 Å². The third kappa shape index (κ3) is 2.56. The number of benzene rings is 1. The first kappa shape index (κ1) is 13.2. The quantitative estimate of drug-likeness (QED) is 0.824. The molecule has 1 aromatic carbocycles. The van der Waals surface area contributed by atoms with Crippen LogP contribution in [0.4, 0.5) is 11.4 Å². The summed E-state index contributed by atoms with van der Waals surface area (Å²) >= 11 is 0. The Morgan fingerprint density at radius 2 is 2.20 bits per heavy atom. The molecule has 3 N–H and O–H groups in total. The van der Waals surface area contributed by atoms with Gasteiger partial charge in [-0.05, 0) is 51.0 Å². The maximum Gasteiger partial charge on any atom is 0.0951 e. The Hall–Kier alpha value is -1.81. The van der Waals surface area contributed by atoms with Gasteiger partial charge in [0.05, 0.1) is 16.8 Å². The molecule has 0 radical (unpaired) electrons. The number of pyridine rings is 1. The summed E-state index contributed by atoms with van der Waals surface area (Å²) in [5, 5.41) is 4.71. The molecule has 1 aliphatic heterocycles. The molecule has 2 heterocycles. The zero-order chi connectivity index (χ0) is 14.2. The summed E-state index contributed by atoms with van der Waals surface area (Å²) in [5.41, 5.74) is 8.62. The molecule has 1 unspecified atom stereocenters. The van der Waals surface area contributed by atoms with E-state index < -0.39 is 0 Å². The summed E-state index contributed by atoms with van der Waals surface area (Å²) in [6.07, 6.45) is 3.80. The van der Waals surface area contributed by atoms with Crippen molar-refractivity contribution in [2.24, 2.45) is 0 Å². The minimum absolute atomic E-state index is 0.0578. The number of hydrogen-bond acceptors (Lipinski definition) is 4. The smallest absolute Gasteiger partial charge is 0.0951 e. The highest BCUT2D eigenvalue weighted by Crippen LogP contribution is 2.30. The molecule has 106 valence electrons. The van der Waals surface area contributed by atoms with Crippen LogP contribution in [0.3, 0.4) is 0 Å². The molecule has 4 nitrogen and oxygen atoms in total. The molecule has 0 aliphatic carbocycles. The summed E-state index contributed by atoms with van der Waals surface area (Å²) in [5.74, 6) is 0. The number of rotatable bonds is 2. The highest BCUT2D eigenvalue weighted by atomic mass is 16.5. The summed E-state index contributed by atoms with van der Waals surface area (Å²) in [4.78, 5) is 4.37. The first-order valence-corrected chi connectivity index (χ1v) is 7.09. The maximum atomic E-state index is 5.99. The normalized spacial score (nSPS) is 21.8. The standard InChI is InChI=1S/C16H21N3O/c1-16(2)10-11(7-9-20-16)19-14-6-5-13(17)15-12(14)4-3-8-18-15/h3-6,8,11,19H,7,9-10,17H2,1-2H3. The van der Waals surface area contributed by atoms with Crippen molar-refractivity contribution in [1.29, 1.82) is 0 Å². The zero-order valence-corrected chi connectivity index (χ0v) is 12.0. The van der Waals surface area contributed by atoms with Crippen molar-refractivity contribution in [3.8, 4) is 0 Å². The van der Waals surface area contributed by atoms with Gasteiger partial charge in [-0.15, -0.1) is 0 Å². The average Bonchev–Trinajstić information content (AvgIpc) is 2.41. The van der Waals surface area contributed by atoms with Crippen LogP contribution in [0.2, 0.25) is 0 Å². The van der Waals surface area contributed by atoms with Crippen molar-refractivity contribution in [3.63, 3.8) is 0 Å². The van der Waals surface area contributed by atoms with Crippen molar-refractivity contribution in [1.82, 2.24) is 4.98 Å². The Balaban J connectivity index is 1.90. The second-order valence-corrected chi connectivity index (χ2v) is 6.04. The topological polar surface area (TPSA) is 60.2 Å². The van der Waals surface area contributed by atoms with Crippen LogP contribution < -0.4 is 11.1 Å². The number of anilines is 2. The Morgan fingerprint density at radius 1 is 1.35 bits per heavy atom. The molecule has 0 amide bonds. The predicted octanol–water partition coefficient (Wildman–Crippen LogP) is 3.19. The van der Waals surface area contributed by atoms with Crippen LogP contribution in [0.1, 0.15) is 26.7 Å². The van der Waals surface area contributed by atoms with Crippen molar-refractivity contribution in [3.05, 3.63) is 30.5 Å². The zero-order valence-electron chi connectivity index (χ0n) is 12.0. The van der Waals surface area contributed by atoms with Crippen LogP contribution in [0.15, 0.2) is 30.5 Å². The lowest BCUT2D eigenvalue weighted by Gasteiger charge is -2.36. The van der Waals surface area contributed by atoms with Gasteiger partial charge >= 0.3 is 0 Å². The third-order valence-electron chi connectivity index (χ3n) is 3.86. The van der Waals surface area contributed by atoms with Crippen LogP contribution in [-0.4, -0.2) is 23.2 Å². The van der Waals surface area contributed by atoms with Crippen LogP contribution in [0.5, 0.6) is 0 Å². The van der Waals surface area contributed by atoms with E-state index in [4.69, 9.17) is 10.5 Å². The van der Waals surface area contributed by atoms with Gasteiger partial charge in [0.1, 0.15) is 0 Å². The first-order valence-electron chi connectivity index (χ1n) is 7.09. The van der Waals surface area contributed by atoms with E-state index in [0.29, 0.717) is 6.04 Å². The molecule has 3 rings (SSSR count). The van der Waals surface area contributed by atoms with Gasteiger partial charge in [0, 0.05) is 29.9 Å². The Bertz CT molecular complexity index is 624. The Morgan fingerprint density at radius 3 is 3.00 bits per heavy atom. The first-order chi connectivity index (χ1) is 9.55. The van der Waals surface area contributed by atoms with Gasteiger partial charge < -0.3 is 15.8 Å². The largest absolute Gasteiger partial charge is 0.397 e. The molecule has 0 bridgehead atoms. The molecule has 1 aliphatic rings. The molecular weight excluding hydrogens is 250 g/mol. The molecule has 4 heteroatoms. The van der Waals surface area contributed by atoms with E-state index >= 15 is 0 Å². The van der Waals surface area contributed by atoms with Crippen molar-refractivity contribution in [2.75, 3.05) is 17.7 Å². The Kier molecular flexibility index (Phi) is 3.26. The minimum atomic E-state index is -0.0578. The second kappa shape index (κ2) is 4.94. The molecule has 1 aromatic heterocycles. The van der Waals surface area contributed by atoms with Gasteiger partial charge in [0.2, 0.25) is 0 Å². The molecule has 1 saturated heterocycles. The van der Waals surface area contributed by atoms with Gasteiger partial charge in [-0.1, -0.05) is 0 Å². The van der Waals surface area contributed by atoms with Gasteiger partial charge in [0.15, 0.2) is 0 Å². The summed E-state index contributed by atoms with van der Waals surface area (Å²) < 4.78 is 5.77. The number of ether oxygens (including phenoxy) is 1.